The average molecular weight is 368 g/mol. The molecule has 2 aliphatic rings. The highest BCUT2D eigenvalue weighted by Crippen LogP contribution is 2.19. The van der Waals surface area contributed by atoms with Crippen molar-refractivity contribution in [2.45, 2.75) is 23.8 Å². The second-order valence-corrected chi connectivity index (χ2v) is 8.39. The third-order valence-corrected chi connectivity index (χ3v) is 6.43. The molecule has 2 aliphatic heterocycles. The van der Waals surface area contributed by atoms with Gasteiger partial charge < -0.3 is 14.4 Å². The molecule has 25 heavy (non-hydrogen) atoms. The van der Waals surface area contributed by atoms with Gasteiger partial charge in [0.25, 0.3) is 5.91 Å². The molecule has 8 heteroatoms. The van der Waals surface area contributed by atoms with Gasteiger partial charge >= 0.3 is 0 Å². The van der Waals surface area contributed by atoms with Gasteiger partial charge in [-0.2, -0.15) is 4.31 Å². The van der Waals surface area contributed by atoms with Crippen LogP contribution in [0.4, 0.5) is 0 Å². The summed E-state index contributed by atoms with van der Waals surface area (Å²) in [5.41, 5.74) is 0.489. The molecule has 0 radical (unpaired) electrons. The van der Waals surface area contributed by atoms with Crippen molar-refractivity contribution in [2.24, 2.45) is 0 Å². The van der Waals surface area contributed by atoms with Crippen molar-refractivity contribution in [1.82, 2.24) is 9.21 Å². The molecular formula is C17H24N2O5S. The number of hydrogen-bond donors (Lipinski definition) is 0. The Kier molecular flexibility index (Phi) is 5.73. The number of ether oxygens (including phenoxy) is 2. The molecule has 3 rings (SSSR count). The molecule has 1 aromatic carbocycles. The number of morpholine rings is 1. The third-order valence-electron chi connectivity index (χ3n) is 4.59. The van der Waals surface area contributed by atoms with Crippen LogP contribution in [0, 0.1) is 0 Å². The molecule has 1 unspecified atom stereocenters. The van der Waals surface area contributed by atoms with Crippen LogP contribution in [0.15, 0.2) is 29.2 Å². The van der Waals surface area contributed by atoms with E-state index in [1.54, 1.807) is 24.1 Å². The van der Waals surface area contributed by atoms with Crippen molar-refractivity contribution in [3.05, 3.63) is 29.8 Å². The van der Waals surface area contributed by atoms with E-state index >= 15 is 0 Å². The maximum Gasteiger partial charge on any atom is 0.254 e. The summed E-state index contributed by atoms with van der Waals surface area (Å²) in [7, 11) is -2.03. The first-order chi connectivity index (χ1) is 12.0. The van der Waals surface area contributed by atoms with E-state index < -0.39 is 10.0 Å². The predicted octanol–water partition coefficient (Wildman–Crippen LogP) is 0.959. The Bertz CT molecular complexity index is 692. The number of sulfonamides is 1. The van der Waals surface area contributed by atoms with E-state index in [1.807, 2.05) is 0 Å². The van der Waals surface area contributed by atoms with Gasteiger partial charge in [0.05, 0.1) is 24.2 Å². The molecule has 1 atom stereocenters. The Morgan fingerprint density at radius 3 is 2.48 bits per heavy atom. The largest absolute Gasteiger partial charge is 0.378 e. The first kappa shape index (κ1) is 18.3. The highest BCUT2D eigenvalue weighted by atomic mass is 32.2. The fraction of sp³-hybridized carbons (Fsp3) is 0.588. The zero-order chi connectivity index (χ0) is 17.9. The van der Waals surface area contributed by atoms with E-state index in [0.29, 0.717) is 45.0 Å². The van der Waals surface area contributed by atoms with Crippen LogP contribution in [0.5, 0.6) is 0 Å². The van der Waals surface area contributed by atoms with Gasteiger partial charge in [0.1, 0.15) is 0 Å². The summed E-state index contributed by atoms with van der Waals surface area (Å²) in [6.45, 7) is 3.22. The molecule has 1 amide bonds. The summed E-state index contributed by atoms with van der Waals surface area (Å²) in [6.07, 6.45) is 1.81. The van der Waals surface area contributed by atoms with E-state index in [-0.39, 0.29) is 16.9 Å². The zero-order valence-electron chi connectivity index (χ0n) is 14.4. The van der Waals surface area contributed by atoms with Crippen molar-refractivity contribution < 1.29 is 22.7 Å². The quantitative estimate of drug-likeness (QED) is 0.774. The standard InChI is InChI=1S/C17H24N2O5S/c1-18(13-15-3-2-10-24-15)25(21,22)16-6-4-14(5-7-16)17(20)19-8-11-23-12-9-19/h4-7,15H,2-3,8-13H2,1H3. The first-order valence-corrected chi connectivity index (χ1v) is 9.97. The van der Waals surface area contributed by atoms with Crippen LogP contribution in [0.25, 0.3) is 0 Å². The number of carbonyl (C=O) groups excluding carboxylic acids is 1. The van der Waals surface area contributed by atoms with Crippen LogP contribution >= 0.6 is 0 Å². The van der Waals surface area contributed by atoms with Gasteiger partial charge in [-0.25, -0.2) is 8.42 Å². The number of hydrogen-bond acceptors (Lipinski definition) is 5. The van der Waals surface area contributed by atoms with Gasteiger partial charge in [-0.1, -0.05) is 0 Å². The van der Waals surface area contributed by atoms with Crippen LogP contribution in [0.3, 0.4) is 0 Å². The van der Waals surface area contributed by atoms with Crippen LogP contribution < -0.4 is 0 Å². The summed E-state index contributed by atoms with van der Waals surface area (Å²) in [5.74, 6) is -0.0973. The van der Waals surface area contributed by atoms with Gasteiger partial charge in [-0.3, -0.25) is 4.79 Å². The van der Waals surface area contributed by atoms with Crippen molar-refractivity contribution in [2.75, 3.05) is 46.5 Å². The van der Waals surface area contributed by atoms with Crippen LogP contribution in [0.1, 0.15) is 23.2 Å². The van der Waals surface area contributed by atoms with Gasteiger partial charge in [-0.05, 0) is 37.1 Å². The molecule has 138 valence electrons. The molecule has 7 nitrogen and oxygen atoms in total. The third kappa shape index (κ3) is 4.20. The van der Waals surface area contributed by atoms with Crippen molar-refractivity contribution in [3.63, 3.8) is 0 Å². The molecule has 0 N–H and O–H groups in total. The van der Waals surface area contributed by atoms with E-state index in [1.165, 1.54) is 16.4 Å². The van der Waals surface area contributed by atoms with E-state index in [0.717, 1.165) is 12.8 Å². The second kappa shape index (κ2) is 7.82. The lowest BCUT2D eigenvalue weighted by atomic mass is 10.2. The Morgan fingerprint density at radius 1 is 1.20 bits per heavy atom. The maximum atomic E-state index is 12.7. The van der Waals surface area contributed by atoms with Crippen LogP contribution in [-0.2, 0) is 19.5 Å². The molecule has 0 spiro atoms. The number of likely N-dealkylation sites (N-methyl/N-ethyl adjacent to an activating group) is 1. The SMILES string of the molecule is CN(CC1CCCO1)S(=O)(=O)c1ccc(C(=O)N2CCOCC2)cc1. The Labute approximate surface area is 148 Å². The minimum atomic E-state index is -3.59. The summed E-state index contributed by atoms with van der Waals surface area (Å²) >= 11 is 0. The smallest absolute Gasteiger partial charge is 0.254 e. The van der Waals surface area contributed by atoms with E-state index in [2.05, 4.69) is 0 Å². The van der Waals surface area contributed by atoms with Gasteiger partial charge in [0.2, 0.25) is 10.0 Å². The molecular weight excluding hydrogens is 344 g/mol. The minimum absolute atomic E-state index is 0.0399. The number of amides is 1. The molecule has 0 bridgehead atoms. The Morgan fingerprint density at radius 2 is 1.88 bits per heavy atom. The minimum Gasteiger partial charge on any atom is -0.378 e. The van der Waals surface area contributed by atoms with Gasteiger partial charge in [0.15, 0.2) is 0 Å². The first-order valence-electron chi connectivity index (χ1n) is 8.53. The van der Waals surface area contributed by atoms with E-state index in [9.17, 15) is 13.2 Å². The number of nitrogens with zero attached hydrogens (tertiary/aromatic N) is 2. The van der Waals surface area contributed by atoms with Gasteiger partial charge in [-0.15, -0.1) is 0 Å². The average Bonchev–Trinajstić information content (AvgIpc) is 3.15. The highest BCUT2D eigenvalue weighted by molar-refractivity contribution is 7.89. The normalized spacial score (nSPS) is 21.7. The molecule has 2 fully saturated rings. The molecule has 0 aliphatic carbocycles. The van der Waals surface area contributed by atoms with Crippen molar-refractivity contribution >= 4 is 15.9 Å². The highest BCUT2D eigenvalue weighted by Gasteiger charge is 2.26. The number of rotatable bonds is 5. The Hall–Kier alpha value is -1.48. The molecule has 0 aromatic heterocycles. The molecule has 0 saturated carbocycles. The van der Waals surface area contributed by atoms with Crippen molar-refractivity contribution in [1.29, 1.82) is 0 Å². The number of benzene rings is 1. The Balaban J connectivity index is 1.68. The predicted molar refractivity (Wildman–Crippen MR) is 92.0 cm³/mol. The van der Waals surface area contributed by atoms with Crippen molar-refractivity contribution in [3.8, 4) is 0 Å². The summed E-state index contributed by atoms with van der Waals surface area (Å²) < 4.78 is 37.4. The summed E-state index contributed by atoms with van der Waals surface area (Å²) in [6, 6.07) is 6.14. The van der Waals surface area contributed by atoms with E-state index in [4.69, 9.17) is 9.47 Å². The lowest BCUT2D eigenvalue weighted by Crippen LogP contribution is -2.40. The maximum absolute atomic E-state index is 12.7. The van der Waals surface area contributed by atoms with Crippen LogP contribution in [0.2, 0.25) is 0 Å². The monoisotopic (exact) mass is 368 g/mol. The summed E-state index contributed by atoms with van der Waals surface area (Å²) in [5, 5.41) is 0. The second-order valence-electron chi connectivity index (χ2n) is 6.35. The molecule has 1 aromatic rings. The number of carbonyl (C=O) groups is 1. The topological polar surface area (TPSA) is 76.2 Å². The molecule has 2 saturated heterocycles. The fourth-order valence-electron chi connectivity index (χ4n) is 3.07. The van der Waals surface area contributed by atoms with Gasteiger partial charge in [0, 0.05) is 38.9 Å². The lowest BCUT2D eigenvalue weighted by molar-refractivity contribution is 0.0303. The molecule has 2 heterocycles. The fourth-order valence-corrected chi connectivity index (χ4v) is 4.27. The zero-order valence-corrected chi connectivity index (χ0v) is 15.2. The summed E-state index contributed by atoms with van der Waals surface area (Å²) in [4.78, 5) is 14.3. The lowest BCUT2D eigenvalue weighted by Gasteiger charge is -2.27. The van der Waals surface area contributed by atoms with Crippen LogP contribution in [-0.4, -0.2) is 76.1 Å².